The van der Waals surface area contributed by atoms with Crippen LogP contribution in [0.2, 0.25) is 0 Å². The Hall–Kier alpha value is -1.92. The van der Waals surface area contributed by atoms with Crippen LogP contribution in [0.3, 0.4) is 0 Å². The zero-order valence-corrected chi connectivity index (χ0v) is 44.9. The first-order valence-electron chi connectivity index (χ1n) is 29.8. The Labute approximate surface area is 417 Å². The van der Waals surface area contributed by atoms with E-state index in [0.717, 1.165) is 57.8 Å². The van der Waals surface area contributed by atoms with Gasteiger partial charge in [-0.25, -0.2) is 0 Å². The number of aliphatic hydroxyl groups excluding tert-OH is 2. The van der Waals surface area contributed by atoms with Crippen molar-refractivity contribution in [2.45, 2.75) is 328 Å². The maximum Gasteiger partial charge on any atom is 0.305 e. The molecule has 0 spiro atoms. The zero-order valence-electron chi connectivity index (χ0n) is 44.9. The van der Waals surface area contributed by atoms with Gasteiger partial charge in [0.25, 0.3) is 0 Å². The fourth-order valence-corrected chi connectivity index (χ4v) is 9.08. The molecule has 6 nitrogen and oxygen atoms in total. The summed E-state index contributed by atoms with van der Waals surface area (Å²) in [5.74, 6) is -0.0851. The maximum atomic E-state index is 12.5. The van der Waals surface area contributed by atoms with Crippen molar-refractivity contribution in [2.24, 2.45) is 0 Å². The second-order valence-corrected chi connectivity index (χ2v) is 20.3. The highest BCUT2D eigenvalue weighted by Crippen LogP contribution is 2.17. The molecule has 1 amide bonds. The van der Waals surface area contributed by atoms with Gasteiger partial charge in [-0.1, -0.05) is 275 Å². The van der Waals surface area contributed by atoms with Gasteiger partial charge >= 0.3 is 5.97 Å². The fourth-order valence-electron chi connectivity index (χ4n) is 9.08. The molecule has 0 radical (unpaired) electrons. The minimum atomic E-state index is -0.850. The number of unbranched alkanes of at least 4 members (excludes halogenated alkanes) is 40. The standard InChI is InChI=1S/C61H115NO5/c1-3-5-7-9-11-13-15-17-19-20-21-22-26-29-33-37-41-45-49-53-59(64)58(57-63)62-60(65)54-50-46-42-38-34-30-27-23-24-28-32-36-40-44-48-52-56-67-61(66)55-51-47-43-39-35-31-25-18-16-14-12-10-8-6-4-2/h12,14,18,25,49,53,58-59,63-64H,3-11,13,15-17,19-24,26-48,50-52,54-57H2,1-2H3,(H,62,65)/b14-12-,25-18-,53-49+. The smallest absolute Gasteiger partial charge is 0.305 e. The predicted molar refractivity (Wildman–Crippen MR) is 292 cm³/mol. The third-order valence-corrected chi connectivity index (χ3v) is 13.7. The van der Waals surface area contributed by atoms with Crippen LogP contribution in [0.15, 0.2) is 36.5 Å². The van der Waals surface area contributed by atoms with E-state index in [9.17, 15) is 19.8 Å². The van der Waals surface area contributed by atoms with Crippen molar-refractivity contribution in [1.82, 2.24) is 5.32 Å². The summed E-state index contributed by atoms with van der Waals surface area (Å²) < 4.78 is 5.47. The molecule has 0 rings (SSSR count). The van der Waals surface area contributed by atoms with Gasteiger partial charge in [-0.2, -0.15) is 0 Å². The monoisotopic (exact) mass is 942 g/mol. The van der Waals surface area contributed by atoms with Crippen molar-refractivity contribution >= 4 is 11.9 Å². The van der Waals surface area contributed by atoms with Crippen LogP contribution in [0.25, 0.3) is 0 Å². The van der Waals surface area contributed by atoms with Crippen molar-refractivity contribution in [3.05, 3.63) is 36.5 Å². The van der Waals surface area contributed by atoms with Crippen LogP contribution in [0, 0.1) is 0 Å². The maximum absolute atomic E-state index is 12.5. The highest BCUT2D eigenvalue weighted by molar-refractivity contribution is 5.76. The third kappa shape index (κ3) is 53.3. The van der Waals surface area contributed by atoms with Gasteiger partial charge in [0.2, 0.25) is 5.91 Å². The minimum Gasteiger partial charge on any atom is -0.466 e. The quantitative estimate of drug-likeness (QED) is 0.0321. The highest BCUT2D eigenvalue weighted by atomic mass is 16.5. The number of ether oxygens (including phenoxy) is 1. The lowest BCUT2D eigenvalue weighted by Gasteiger charge is -2.20. The summed E-state index contributed by atoms with van der Waals surface area (Å²) in [5, 5.41) is 23.2. The fraction of sp³-hybridized carbons (Fsp3) is 0.869. The summed E-state index contributed by atoms with van der Waals surface area (Å²) >= 11 is 0. The lowest BCUT2D eigenvalue weighted by Crippen LogP contribution is -2.45. The lowest BCUT2D eigenvalue weighted by molar-refractivity contribution is -0.143. The van der Waals surface area contributed by atoms with Crippen molar-refractivity contribution in [1.29, 1.82) is 0 Å². The Morgan fingerprint density at radius 1 is 0.418 bits per heavy atom. The molecule has 0 aliphatic carbocycles. The molecule has 3 N–H and O–H groups in total. The molecule has 0 saturated carbocycles. The Balaban J connectivity index is 3.47. The molecule has 0 aliphatic rings. The molecule has 0 aromatic heterocycles. The van der Waals surface area contributed by atoms with Crippen LogP contribution in [0.1, 0.15) is 316 Å². The average Bonchev–Trinajstić information content (AvgIpc) is 3.33. The molecule has 0 aliphatic heterocycles. The van der Waals surface area contributed by atoms with Crippen molar-refractivity contribution in [2.75, 3.05) is 13.2 Å². The molecule has 6 heteroatoms. The summed E-state index contributed by atoms with van der Waals surface area (Å²) in [5.41, 5.74) is 0. The summed E-state index contributed by atoms with van der Waals surface area (Å²) in [6.07, 6.45) is 70.2. The second kappa shape index (κ2) is 56.7. The van der Waals surface area contributed by atoms with Crippen molar-refractivity contribution in [3.63, 3.8) is 0 Å². The van der Waals surface area contributed by atoms with E-state index in [1.807, 2.05) is 6.08 Å². The molecule has 2 atom stereocenters. The first-order chi connectivity index (χ1) is 33.0. The normalized spacial score (nSPS) is 12.8. The predicted octanol–water partition coefficient (Wildman–Crippen LogP) is 18.4. The number of hydrogen-bond acceptors (Lipinski definition) is 5. The van der Waals surface area contributed by atoms with E-state index in [0.29, 0.717) is 19.4 Å². The van der Waals surface area contributed by atoms with E-state index >= 15 is 0 Å². The van der Waals surface area contributed by atoms with Crippen LogP contribution in [0.4, 0.5) is 0 Å². The van der Waals surface area contributed by atoms with Crippen LogP contribution in [-0.4, -0.2) is 47.4 Å². The number of rotatable bonds is 55. The Morgan fingerprint density at radius 3 is 1.16 bits per heavy atom. The number of carbonyl (C=O) groups is 2. The van der Waals surface area contributed by atoms with Crippen molar-refractivity contribution in [3.8, 4) is 0 Å². The van der Waals surface area contributed by atoms with Crippen LogP contribution in [-0.2, 0) is 14.3 Å². The van der Waals surface area contributed by atoms with Crippen molar-refractivity contribution < 1.29 is 24.5 Å². The first kappa shape index (κ1) is 65.1. The van der Waals surface area contributed by atoms with Gasteiger partial charge < -0.3 is 20.3 Å². The molecule has 0 fully saturated rings. The summed E-state index contributed by atoms with van der Waals surface area (Å²) in [6.45, 7) is 4.87. The molecule has 0 heterocycles. The van der Waals surface area contributed by atoms with Gasteiger partial charge in [-0.05, 0) is 64.2 Å². The van der Waals surface area contributed by atoms with E-state index in [2.05, 4.69) is 43.5 Å². The molecular formula is C61H115NO5. The van der Waals surface area contributed by atoms with Gasteiger partial charge in [0.15, 0.2) is 0 Å². The van der Waals surface area contributed by atoms with Crippen LogP contribution >= 0.6 is 0 Å². The lowest BCUT2D eigenvalue weighted by atomic mass is 10.0. The number of nitrogens with one attached hydrogen (secondary N) is 1. The topological polar surface area (TPSA) is 95.9 Å². The van der Waals surface area contributed by atoms with E-state index in [1.54, 1.807) is 6.08 Å². The van der Waals surface area contributed by atoms with E-state index in [1.165, 1.54) is 231 Å². The number of hydrogen-bond donors (Lipinski definition) is 3. The molecule has 2 unspecified atom stereocenters. The third-order valence-electron chi connectivity index (χ3n) is 13.7. The van der Waals surface area contributed by atoms with Gasteiger partial charge in [-0.15, -0.1) is 0 Å². The highest BCUT2D eigenvalue weighted by Gasteiger charge is 2.18. The summed E-state index contributed by atoms with van der Waals surface area (Å²) in [7, 11) is 0. The SMILES string of the molecule is CCCCC/C=C\C/C=C\CCCCCCCC(=O)OCCCCCCCCCCCCCCCCCCC(=O)NC(CO)C(O)/C=C/CCCCCCCCCCCCCCCCCCC. The molecular weight excluding hydrogens is 827 g/mol. The molecule has 0 aromatic carbocycles. The molecule has 0 aromatic rings. The molecule has 67 heavy (non-hydrogen) atoms. The molecule has 0 saturated heterocycles. The number of carbonyl (C=O) groups excluding carboxylic acids is 2. The minimum absolute atomic E-state index is 0.0117. The van der Waals surface area contributed by atoms with E-state index in [-0.39, 0.29) is 18.5 Å². The first-order valence-corrected chi connectivity index (χ1v) is 29.8. The van der Waals surface area contributed by atoms with Crippen LogP contribution in [0.5, 0.6) is 0 Å². The Kier molecular flexibility index (Phi) is 55.0. The number of esters is 1. The molecule has 394 valence electrons. The summed E-state index contributed by atoms with van der Waals surface area (Å²) in [6, 6.07) is -0.634. The van der Waals surface area contributed by atoms with Gasteiger partial charge in [0.1, 0.15) is 0 Å². The molecule has 0 bridgehead atoms. The van der Waals surface area contributed by atoms with Gasteiger partial charge in [0.05, 0.1) is 25.4 Å². The number of allylic oxidation sites excluding steroid dienone is 5. The largest absolute Gasteiger partial charge is 0.466 e. The second-order valence-electron chi connectivity index (χ2n) is 20.3. The Bertz CT molecular complexity index is 1090. The number of aliphatic hydroxyl groups is 2. The van der Waals surface area contributed by atoms with Gasteiger partial charge in [-0.3, -0.25) is 9.59 Å². The van der Waals surface area contributed by atoms with E-state index in [4.69, 9.17) is 4.74 Å². The zero-order chi connectivity index (χ0) is 48.6. The summed E-state index contributed by atoms with van der Waals surface area (Å²) in [4.78, 5) is 24.5. The van der Waals surface area contributed by atoms with Crippen LogP contribution < -0.4 is 5.32 Å². The van der Waals surface area contributed by atoms with Gasteiger partial charge in [0, 0.05) is 12.8 Å². The Morgan fingerprint density at radius 2 is 0.746 bits per heavy atom. The average molecular weight is 943 g/mol. The van der Waals surface area contributed by atoms with E-state index < -0.39 is 12.1 Å². The number of amides is 1.